The summed E-state index contributed by atoms with van der Waals surface area (Å²) >= 11 is 4.35. The van der Waals surface area contributed by atoms with Crippen molar-refractivity contribution in [2.75, 3.05) is 11.5 Å². The minimum Gasteiger partial charge on any atom is -0.157 e. The molecule has 0 radical (unpaired) electrons. The third kappa shape index (κ3) is 2.09. The van der Waals surface area contributed by atoms with Crippen molar-refractivity contribution in [1.82, 2.24) is 0 Å². The van der Waals surface area contributed by atoms with Gasteiger partial charge in [-0.25, -0.2) is 0 Å². The predicted octanol–water partition coefficient (Wildman–Crippen LogP) is 3.02. The Hall–Kier alpha value is 0.700. The van der Waals surface area contributed by atoms with Gasteiger partial charge in [0.25, 0.3) is 0 Å². The van der Waals surface area contributed by atoms with E-state index < -0.39 is 0 Å². The van der Waals surface area contributed by atoms with Gasteiger partial charge in [-0.2, -0.15) is 23.5 Å². The van der Waals surface area contributed by atoms with Crippen LogP contribution < -0.4 is 0 Å². The van der Waals surface area contributed by atoms with Gasteiger partial charge in [0.2, 0.25) is 0 Å². The van der Waals surface area contributed by atoms with Crippen LogP contribution in [0.5, 0.6) is 0 Å². The lowest BCUT2D eigenvalue weighted by atomic mass is 10.2. The molecule has 10 heavy (non-hydrogen) atoms. The fraction of sp³-hybridized carbons (Fsp3) is 1.00. The zero-order chi connectivity index (χ0) is 7.40. The molecule has 0 N–H and O–H groups in total. The Morgan fingerprint density at radius 2 is 1.40 bits per heavy atom. The fourth-order valence-corrected chi connectivity index (χ4v) is 4.51. The van der Waals surface area contributed by atoms with Gasteiger partial charge < -0.3 is 0 Å². The molecule has 0 amide bonds. The molecule has 0 aromatic rings. The van der Waals surface area contributed by atoms with Crippen LogP contribution in [0.4, 0.5) is 0 Å². The molecular weight excluding hydrogens is 160 g/mol. The highest BCUT2D eigenvalue weighted by atomic mass is 32.2. The first-order chi connectivity index (χ1) is 4.88. The standard InChI is InChI=1S/C8H16S2/c1-3-7-8(4-2)10-6-5-9-7/h7-8H,3-6H2,1-2H3. The third-order valence-corrected chi connectivity index (χ3v) is 5.46. The Balaban J connectivity index is 2.34. The Kier molecular flexibility index (Phi) is 4.00. The number of hydrogen-bond donors (Lipinski definition) is 0. The van der Waals surface area contributed by atoms with E-state index in [1.165, 1.54) is 24.3 Å². The van der Waals surface area contributed by atoms with Gasteiger partial charge in [-0.15, -0.1) is 0 Å². The topological polar surface area (TPSA) is 0 Å². The molecule has 2 unspecified atom stereocenters. The molecule has 2 heteroatoms. The molecule has 1 aliphatic heterocycles. The number of rotatable bonds is 2. The van der Waals surface area contributed by atoms with Gasteiger partial charge in [0, 0.05) is 22.0 Å². The summed E-state index contributed by atoms with van der Waals surface area (Å²) in [5.74, 6) is 2.75. The molecule has 0 nitrogen and oxygen atoms in total. The van der Waals surface area contributed by atoms with Crippen molar-refractivity contribution in [3.05, 3.63) is 0 Å². The van der Waals surface area contributed by atoms with Crippen LogP contribution in [0.3, 0.4) is 0 Å². The molecule has 1 fully saturated rings. The Labute approximate surface area is 72.5 Å². The molecule has 0 bridgehead atoms. The maximum atomic E-state index is 2.31. The van der Waals surface area contributed by atoms with Crippen molar-refractivity contribution >= 4 is 23.5 Å². The predicted molar refractivity (Wildman–Crippen MR) is 53.1 cm³/mol. The van der Waals surface area contributed by atoms with E-state index in [1.807, 2.05) is 0 Å². The quantitative estimate of drug-likeness (QED) is 0.634. The van der Waals surface area contributed by atoms with Gasteiger partial charge >= 0.3 is 0 Å². The average molecular weight is 176 g/mol. The van der Waals surface area contributed by atoms with E-state index in [9.17, 15) is 0 Å². The van der Waals surface area contributed by atoms with Gasteiger partial charge in [-0.3, -0.25) is 0 Å². The molecule has 0 aromatic heterocycles. The van der Waals surface area contributed by atoms with Crippen molar-refractivity contribution in [3.8, 4) is 0 Å². The smallest absolute Gasteiger partial charge is 0.0164 e. The molecule has 0 aromatic carbocycles. The van der Waals surface area contributed by atoms with Crippen LogP contribution in [0.15, 0.2) is 0 Å². The van der Waals surface area contributed by atoms with Crippen LogP contribution in [-0.4, -0.2) is 22.0 Å². The molecule has 0 aliphatic carbocycles. The van der Waals surface area contributed by atoms with Crippen LogP contribution in [0.25, 0.3) is 0 Å². The van der Waals surface area contributed by atoms with Crippen molar-refractivity contribution in [1.29, 1.82) is 0 Å². The van der Waals surface area contributed by atoms with E-state index in [-0.39, 0.29) is 0 Å². The van der Waals surface area contributed by atoms with Crippen molar-refractivity contribution in [2.24, 2.45) is 0 Å². The van der Waals surface area contributed by atoms with E-state index in [1.54, 1.807) is 0 Å². The normalized spacial score (nSPS) is 34.2. The molecule has 1 aliphatic rings. The van der Waals surface area contributed by atoms with Crippen molar-refractivity contribution in [3.63, 3.8) is 0 Å². The lowest BCUT2D eigenvalue weighted by Gasteiger charge is -2.28. The van der Waals surface area contributed by atoms with E-state index >= 15 is 0 Å². The van der Waals surface area contributed by atoms with Crippen molar-refractivity contribution < 1.29 is 0 Å². The van der Waals surface area contributed by atoms with Crippen LogP contribution in [-0.2, 0) is 0 Å². The van der Waals surface area contributed by atoms with Crippen LogP contribution in [0, 0.1) is 0 Å². The first-order valence-corrected chi connectivity index (χ1v) is 6.21. The van der Waals surface area contributed by atoms with Gasteiger partial charge in [0.1, 0.15) is 0 Å². The maximum Gasteiger partial charge on any atom is 0.0164 e. The van der Waals surface area contributed by atoms with Crippen LogP contribution in [0.2, 0.25) is 0 Å². The number of thioether (sulfide) groups is 2. The van der Waals surface area contributed by atoms with E-state index in [0.717, 1.165) is 10.5 Å². The Morgan fingerprint density at radius 3 is 1.70 bits per heavy atom. The van der Waals surface area contributed by atoms with Gasteiger partial charge in [0.05, 0.1) is 0 Å². The monoisotopic (exact) mass is 176 g/mol. The van der Waals surface area contributed by atoms with Crippen LogP contribution >= 0.6 is 23.5 Å². The first kappa shape index (κ1) is 8.79. The molecule has 60 valence electrons. The molecule has 1 heterocycles. The van der Waals surface area contributed by atoms with Gasteiger partial charge in [-0.1, -0.05) is 13.8 Å². The summed E-state index contributed by atoms with van der Waals surface area (Å²) in [6.45, 7) is 4.62. The highest BCUT2D eigenvalue weighted by molar-refractivity contribution is 8.07. The lowest BCUT2D eigenvalue weighted by molar-refractivity contribution is 0.733. The van der Waals surface area contributed by atoms with Crippen molar-refractivity contribution in [2.45, 2.75) is 37.2 Å². The second kappa shape index (κ2) is 4.55. The van der Waals surface area contributed by atoms with E-state index in [0.29, 0.717) is 0 Å². The molecule has 0 spiro atoms. The maximum absolute atomic E-state index is 2.31. The first-order valence-electron chi connectivity index (χ1n) is 4.11. The summed E-state index contributed by atoms with van der Waals surface area (Å²) < 4.78 is 0. The molecular formula is C8H16S2. The van der Waals surface area contributed by atoms with Crippen LogP contribution in [0.1, 0.15) is 26.7 Å². The SMILES string of the molecule is CCC1SCCSC1CC. The lowest BCUT2D eigenvalue weighted by Crippen LogP contribution is -2.24. The highest BCUT2D eigenvalue weighted by Crippen LogP contribution is 2.34. The summed E-state index contributed by atoms with van der Waals surface area (Å²) in [5, 5.41) is 1.90. The highest BCUT2D eigenvalue weighted by Gasteiger charge is 2.22. The Bertz CT molecular complexity index is 81.3. The average Bonchev–Trinajstić information content (AvgIpc) is 2.04. The third-order valence-electron chi connectivity index (χ3n) is 1.97. The largest absolute Gasteiger partial charge is 0.157 e. The van der Waals surface area contributed by atoms with E-state index in [2.05, 4.69) is 37.4 Å². The zero-order valence-electron chi connectivity index (χ0n) is 6.80. The van der Waals surface area contributed by atoms with Gasteiger partial charge in [-0.05, 0) is 12.8 Å². The summed E-state index contributed by atoms with van der Waals surface area (Å²) in [6.07, 6.45) is 2.71. The molecule has 1 saturated heterocycles. The molecule has 0 saturated carbocycles. The summed E-state index contributed by atoms with van der Waals surface area (Å²) in [5.41, 5.74) is 0. The fourth-order valence-electron chi connectivity index (χ4n) is 1.38. The summed E-state index contributed by atoms with van der Waals surface area (Å²) in [4.78, 5) is 0. The second-order valence-electron chi connectivity index (χ2n) is 2.63. The minimum absolute atomic E-state index is 0.948. The summed E-state index contributed by atoms with van der Waals surface area (Å²) in [6, 6.07) is 0. The Morgan fingerprint density at radius 1 is 1.00 bits per heavy atom. The van der Waals surface area contributed by atoms with E-state index in [4.69, 9.17) is 0 Å². The van der Waals surface area contributed by atoms with Gasteiger partial charge in [0.15, 0.2) is 0 Å². The zero-order valence-corrected chi connectivity index (χ0v) is 8.43. The summed E-state index contributed by atoms with van der Waals surface area (Å²) in [7, 11) is 0. The molecule has 2 atom stereocenters. The second-order valence-corrected chi connectivity index (χ2v) is 5.33. The molecule has 1 rings (SSSR count). The minimum atomic E-state index is 0.948. The number of hydrogen-bond acceptors (Lipinski definition) is 2.